The Bertz CT molecular complexity index is 757. The molecule has 1 aromatic carbocycles. The highest BCUT2D eigenvalue weighted by atomic mass is 32.2. The molecular weight excluding hydrogens is 316 g/mol. The van der Waals surface area contributed by atoms with Gasteiger partial charge in [-0.3, -0.25) is 4.79 Å². The second-order valence-corrected chi connectivity index (χ2v) is 7.22. The molecule has 0 aliphatic carbocycles. The average Bonchev–Trinajstić information content (AvgIpc) is 2.86. The summed E-state index contributed by atoms with van der Waals surface area (Å²) in [5, 5.41) is 19.7. The monoisotopic (exact) mass is 328 g/mol. The summed E-state index contributed by atoms with van der Waals surface area (Å²) in [6, 6.07) is 6.47. The number of hydrogen-bond acceptors (Lipinski definition) is 7. The van der Waals surface area contributed by atoms with Gasteiger partial charge in [0.1, 0.15) is 6.54 Å². The molecule has 0 saturated heterocycles. The van der Waals surface area contributed by atoms with E-state index in [4.69, 9.17) is 5.11 Å². The van der Waals surface area contributed by atoms with Gasteiger partial charge in [0.15, 0.2) is 9.84 Å². The third-order valence-electron chi connectivity index (χ3n) is 2.55. The molecule has 2 rings (SSSR count). The van der Waals surface area contributed by atoms with Gasteiger partial charge in [0, 0.05) is 4.90 Å². The summed E-state index contributed by atoms with van der Waals surface area (Å²) in [6.45, 7) is 1.17. The highest BCUT2D eigenvalue weighted by Gasteiger charge is 2.19. The lowest BCUT2D eigenvalue weighted by Crippen LogP contribution is -2.11. The van der Waals surface area contributed by atoms with E-state index in [1.54, 1.807) is 25.1 Å². The summed E-state index contributed by atoms with van der Waals surface area (Å²) in [5.41, 5.74) is 0. The lowest BCUT2D eigenvalue weighted by atomic mass is 10.4. The van der Waals surface area contributed by atoms with Gasteiger partial charge in [-0.25, -0.2) is 13.1 Å². The zero-order chi connectivity index (χ0) is 15.5. The molecule has 0 unspecified atom stereocenters. The fourth-order valence-corrected chi connectivity index (χ4v) is 3.82. The maximum Gasteiger partial charge on any atom is 0.325 e. The SMILES string of the molecule is CCS(=O)(=O)c1ccccc1Sc1nnnn1CC(=O)O. The lowest BCUT2D eigenvalue weighted by molar-refractivity contribution is -0.138. The van der Waals surface area contributed by atoms with Crippen LogP contribution in [0.25, 0.3) is 0 Å². The summed E-state index contributed by atoms with van der Waals surface area (Å²) in [5.74, 6) is -1.11. The first-order valence-corrected chi connectivity index (χ1v) is 8.38. The Balaban J connectivity index is 2.37. The van der Waals surface area contributed by atoms with E-state index in [0.717, 1.165) is 16.4 Å². The molecule has 0 aliphatic heterocycles. The third-order valence-corrected chi connectivity index (χ3v) is 5.52. The van der Waals surface area contributed by atoms with Crippen LogP contribution in [0, 0.1) is 0 Å². The first kappa shape index (κ1) is 15.4. The van der Waals surface area contributed by atoms with Gasteiger partial charge in [-0.1, -0.05) is 19.1 Å². The van der Waals surface area contributed by atoms with Crippen LogP contribution in [-0.2, 0) is 21.2 Å². The zero-order valence-corrected chi connectivity index (χ0v) is 12.6. The number of carboxylic acid groups (broad SMARTS) is 1. The Labute approximate surface area is 125 Å². The molecule has 1 N–H and O–H groups in total. The predicted molar refractivity (Wildman–Crippen MR) is 73.7 cm³/mol. The fourth-order valence-electron chi connectivity index (χ4n) is 1.54. The van der Waals surface area contributed by atoms with Gasteiger partial charge in [-0.2, -0.15) is 0 Å². The molecule has 0 radical (unpaired) electrons. The van der Waals surface area contributed by atoms with Gasteiger partial charge in [0.2, 0.25) is 5.16 Å². The van der Waals surface area contributed by atoms with Gasteiger partial charge in [-0.05, 0) is 34.3 Å². The maximum absolute atomic E-state index is 12.0. The van der Waals surface area contributed by atoms with Crippen LogP contribution in [0.5, 0.6) is 0 Å². The molecule has 0 aliphatic rings. The zero-order valence-electron chi connectivity index (χ0n) is 11.0. The molecule has 0 saturated carbocycles. The molecule has 0 amide bonds. The van der Waals surface area contributed by atoms with Gasteiger partial charge in [0.05, 0.1) is 10.6 Å². The fraction of sp³-hybridized carbons (Fsp3) is 0.273. The summed E-state index contributed by atoms with van der Waals surface area (Å²) in [6.07, 6.45) is 0. The Morgan fingerprint density at radius 1 is 1.38 bits per heavy atom. The van der Waals surface area contributed by atoms with Crippen LogP contribution in [0.2, 0.25) is 0 Å². The lowest BCUT2D eigenvalue weighted by Gasteiger charge is -2.08. The number of benzene rings is 1. The highest BCUT2D eigenvalue weighted by molar-refractivity contribution is 8.00. The number of sulfone groups is 1. The van der Waals surface area contributed by atoms with Crippen molar-refractivity contribution in [3.63, 3.8) is 0 Å². The van der Waals surface area contributed by atoms with Crippen LogP contribution in [0.4, 0.5) is 0 Å². The summed E-state index contributed by atoms with van der Waals surface area (Å²) in [7, 11) is -3.38. The molecule has 10 heteroatoms. The van der Waals surface area contributed by atoms with E-state index in [2.05, 4.69) is 15.5 Å². The van der Waals surface area contributed by atoms with Gasteiger partial charge >= 0.3 is 5.97 Å². The summed E-state index contributed by atoms with van der Waals surface area (Å²) >= 11 is 1.02. The van der Waals surface area contributed by atoms with E-state index < -0.39 is 22.4 Å². The standard InChI is InChI=1S/C11H12N4O4S2/c1-2-21(18,19)9-6-4-3-5-8(9)20-11-12-13-14-15(11)7-10(16)17/h3-6H,2,7H2,1H3,(H,16,17). The molecule has 2 aromatic rings. The molecule has 0 bridgehead atoms. The van der Waals surface area contributed by atoms with Crippen molar-refractivity contribution < 1.29 is 18.3 Å². The number of hydrogen-bond donors (Lipinski definition) is 1. The molecule has 112 valence electrons. The van der Waals surface area contributed by atoms with Gasteiger partial charge < -0.3 is 5.11 Å². The molecule has 1 heterocycles. The smallest absolute Gasteiger partial charge is 0.325 e. The Hall–Kier alpha value is -1.94. The third kappa shape index (κ3) is 3.58. The molecule has 0 atom stereocenters. The predicted octanol–water partition coefficient (Wildman–Crippen LogP) is 0.702. The average molecular weight is 328 g/mol. The quantitative estimate of drug-likeness (QED) is 0.824. The van der Waals surface area contributed by atoms with Gasteiger partial charge in [-0.15, -0.1) is 5.10 Å². The molecule has 0 spiro atoms. The minimum absolute atomic E-state index is 0.0232. The van der Waals surface area contributed by atoms with Gasteiger partial charge in [0.25, 0.3) is 0 Å². The van der Waals surface area contributed by atoms with Crippen molar-refractivity contribution in [3.05, 3.63) is 24.3 Å². The second kappa shape index (κ2) is 6.22. The second-order valence-electron chi connectivity index (χ2n) is 3.97. The minimum atomic E-state index is -3.38. The first-order chi connectivity index (χ1) is 9.94. The number of aliphatic carboxylic acids is 1. The Kier molecular flexibility index (Phi) is 4.58. The molecular formula is C11H12N4O4S2. The number of carboxylic acids is 1. The van der Waals surface area contributed by atoms with Crippen molar-refractivity contribution in [2.24, 2.45) is 0 Å². The van der Waals surface area contributed by atoms with E-state index in [9.17, 15) is 13.2 Å². The van der Waals surface area contributed by atoms with Crippen molar-refractivity contribution in [1.29, 1.82) is 0 Å². The van der Waals surface area contributed by atoms with Crippen LogP contribution in [-0.4, -0.2) is 45.5 Å². The Morgan fingerprint density at radius 2 is 2.10 bits per heavy atom. The largest absolute Gasteiger partial charge is 0.480 e. The van der Waals surface area contributed by atoms with E-state index in [-0.39, 0.29) is 15.8 Å². The van der Waals surface area contributed by atoms with Crippen molar-refractivity contribution in [2.75, 3.05) is 5.75 Å². The topological polar surface area (TPSA) is 115 Å². The van der Waals surface area contributed by atoms with E-state index in [1.807, 2.05) is 0 Å². The molecule has 8 nitrogen and oxygen atoms in total. The van der Waals surface area contributed by atoms with E-state index in [0.29, 0.717) is 4.90 Å². The van der Waals surface area contributed by atoms with Crippen LogP contribution in [0.1, 0.15) is 6.92 Å². The maximum atomic E-state index is 12.0. The normalized spacial score (nSPS) is 11.5. The van der Waals surface area contributed by atoms with Crippen molar-refractivity contribution >= 4 is 27.6 Å². The molecule has 0 fully saturated rings. The summed E-state index contributed by atoms with van der Waals surface area (Å²) in [4.78, 5) is 11.4. The number of rotatable bonds is 6. The van der Waals surface area contributed by atoms with E-state index >= 15 is 0 Å². The summed E-state index contributed by atoms with van der Waals surface area (Å²) < 4.78 is 25.2. The van der Waals surface area contributed by atoms with Crippen LogP contribution in [0.3, 0.4) is 0 Å². The number of carbonyl (C=O) groups is 1. The first-order valence-electron chi connectivity index (χ1n) is 5.91. The minimum Gasteiger partial charge on any atom is -0.480 e. The van der Waals surface area contributed by atoms with Crippen LogP contribution in [0.15, 0.2) is 39.2 Å². The van der Waals surface area contributed by atoms with Crippen molar-refractivity contribution in [1.82, 2.24) is 20.2 Å². The molecule has 21 heavy (non-hydrogen) atoms. The van der Waals surface area contributed by atoms with Crippen molar-refractivity contribution in [2.45, 2.75) is 28.4 Å². The Morgan fingerprint density at radius 3 is 2.76 bits per heavy atom. The van der Waals surface area contributed by atoms with Crippen LogP contribution < -0.4 is 0 Å². The van der Waals surface area contributed by atoms with Crippen LogP contribution >= 0.6 is 11.8 Å². The highest BCUT2D eigenvalue weighted by Crippen LogP contribution is 2.31. The number of tetrazole rings is 1. The molecule has 1 aromatic heterocycles. The number of nitrogens with zero attached hydrogens (tertiary/aromatic N) is 4. The number of aromatic nitrogens is 4. The van der Waals surface area contributed by atoms with Crippen molar-refractivity contribution in [3.8, 4) is 0 Å². The van der Waals surface area contributed by atoms with E-state index in [1.165, 1.54) is 6.07 Å².